The van der Waals surface area contributed by atoms with Crippen molar-refractivity contribution in [1.29, 1.82) is 0 Å². The Labute approximate surface area is 202 Å². The molecule has 0 bridgehead atoms. The highest BCUT2D eigenvalue weighted by Crippen LogP contribution is 2.44. The summed E-state index contributed by atoms with van der Waals surface area (Å²) < 4.78 is 8.17. The lowest BCUT2D eigenvalue weighted by atomic mass is 9.95. The second-order valence-corrected chi connectivity index (χ2v) is 9.40. The summed E-state index contributed by atoms with van der Waals surface area (Å²) in [4.78, 5) is 21.6. The number of nitrogens with zero attached hydrogens (tertiary/aromatic N) is 4. The monoisotopic (exact) mass is 525 g/mol. The van der Waals surface area contributed by atoms with Crippen LogP contribution < -0.4 is 5.32 Å². The van der Waals surface area contributed by atoms with Crippen LogP contribution in [-0.2, 0) is 29.0 Å². The first-order valence-electron chi connectivity index (χ1n) is 10.3. The summed E-state index contributed by atoms with van der Waals surface area (Å²) in [7, 11) is 1.67. The molecule has 0 saturated heterocycles. The summed E-state index contributed by atoms with van der Waals surface area (Å²) in [5, 5.41) is 17.3. The zero-order valence-corrected chi connectivity index (χ0v) is 20.1. The van der Waals surface area contributed by atoms with Crippen molar-refractivity contribution in [3.63, 3.8) is 0 Å². The number of pyridine rings is 1. The van der Waals surface area contributed by atoms with E-state index in [2.05, 4.69) is 37.3 Å². The van der Waals surface area contributed by atoms with Gasteiger partial charge >= 0.3 is 0 Å². The molecule has 0 radical (unpaired) electrons. The van der Waals surface area contributed by atoms with E-state index >= 15 is 0 Å². The fraction of sp³-hybridized carbons (Fsp3) is 0.217. The number of rotatable bonds is 6. The van der Waals surface area contributed by atoms with Gasteiger partial charge in [-0.2, -0.15) is 5.10 Å². The van der Waals surface area contributed by atoms with Gasteiger partial charge in [0.1, 0.15) is 6.61 Å². The van der Waals surface area contributed by atoms with Crippen LogP contribution in [-0.4, -0.2) is 44.5 Å². The standard InChI is InChI=1S/C23H20BrN5O3S/c1-32-12-13-4-6-16(24)18(9-13)29-21-15(20(28-29)14-3-2-8-25-10-14)5-7-17-22(21)33-23(26-17)27-19(31)11-30/h2-4,6,8-10,30H,5,7,11-12H2,1H3,(H,26,27,31). The predicted octanol–water partition coefficient (Wildman–Crippen LogP) is 4.00. The fourth-order valence-corrected chi connectivity index (χ4v) is 5.47. The van der Waals surface area contributed by atoms with Crippen molar-refractivity contribution in [1.82, 2.24) is 19.7 Å². The molecule has 0 saturated carbocycles. The molecule has 1 amide bonds. The molecule has 1 aliphatic carbocycles. The average molecular weight is 526 g/mol. The van der Waals surface area contributed by atoms with Crippen LogP contribution in [0, 0.1) is 0 Å². The number of anilines is 1. The molecule has 3 aromatic heterocycles. The zero-order chi connectivity index (χ0) is 22.9. The van der Waals surface area contributed by atoms with Gasteiger partial charge in [0, 0.05) is 35.1 Å². The van der Waals surface area contributed by atoms with Crippen LogP contribution in [0.3, 0.4) is 0 Å². The van der Waals surface area contributed by atoms with E-state index in [-0.39, 0.29) is 0 Å². The minimum absolute atomic E-state index is 0.467. The molecule has 2 N–H and O–H groups in total. The lowest BCUT2D eigenvalue weighted by Crippen LogP contribution is -2.15. The van der Waals surface area contributed by atoms with Crippen molar-refractivity contribution in [3.05, 3.63) is 64.0 Å². The molecule has 0 unspecified atom stereocenters. The lowest BCUT2D eigenvalue weighted by molar-refractivity contribution is -0.118. The zero-order valence-electron chi connectivity index (χ0n) is 17.7. The van der Waals surface area contributed by atoms with Crippen LogP contribution in [0.4, 0.5) is 5.13 Å². The van der Waals surface area contributed by atoms with Crippen LogP contribution in [0.2, 0.25) is 0 Å². The van der Waals surface area contributed by atoms with Gasteiger partial charge in [-0.05, 0) is 58.6 Å². The SMILES string of the molecule is COCc1ccc(Br)c(-n2nc(-c3cccnc3)c3c2-c2sc(NC(=O)CO)nc2CC3)c1. The maximum atomic E-state index is 11.7. The van der Waals surface area contributed by atoms with Crippen molar-refractivity contribution in [2.45, 2.75) is 19.4 Å². The molecule has 168 valence electrons. The summed E-state index contributed by atoms with van der Waals surface area (Å²) in [6, 6.07) is 9.96. The number of ether oxygens (including phenoxy) is 1. The largest absolute Gasteiger partial charge is 0.387 e. The molecule has 4 aromatic rings. The van der Waals surface area contributed by atoms with Gasteiger partial charge < -0.3 is 9.84 Å². The number of thiazole rings is 1. The molecule has 0 spiro atoms. The van der Waals surface area contributed by atoms with E-state index in [9.17, 15) is 4.79 Å². The lowest BCUT2D eigenvalue weighted by Gasteiger charge is -2.15. The van der Waals surface area contributed by atoms with Gasteiger partial charge in [-0.3, -0.25) is 15.1 Å². The highest BCUT2D eigenvalue weighted by atomic mass is 79.9. The first-order chi connectivity index (χ1) is 16.1. The van der Waals surface area contributed by atoms with Crippen LogP contribution in [0.15, 0.2) is 47.2 Å². The number of benzene rings is 1. The van der Waals surface area contributed by atoms with Gasteiger partial charge in [-0.1, -0.05) is 17.4 Å². The van der Waals surface area contributed by atoms with Crippen molar-refractivity contribution >= 4 is 38.3 Å². The number of nitrogens with one attached hydrogen (secondary N) is 1. The molecule has 33 heavy (non-hydrogen) atoms. The second kappa shape index (κ2) is 9.14. The molecular weight excluding hydrogens is 506 g/mol. The highest BCUT2D eigenvalue weighted by Gasteiger charge is 2.30. The van der Waals surface area contributed by atoms with Gasteiger partial charge in [-0.25, -0.2) is 9.67 Å². The normalized spacial score (nSPS) is 12.3. The predicted molar refractivity (Wildman–Crippen MR) is 129 cm³/mol. The van der Waals surface area contributed by atoms with E-state index in [4.69, 9.17) is 14.9 Å². The highest BCUT2D eigenvalue weighted by molar-refractivity contribution is 9.10. The number of amides is 1. The number of carbonyl (C=O) groups excluding carboxylic acids is 1. The van der Waals surface area contributed by atoms with Crippen LogP contribution in [0.25, 0.3) is 27.5 Å². The van der Waals surface area contributed by atoms with E-state index in [1.54, 1.807) is 13.3 Å². The Morgan fingerprint density at radius 2 is 2.21 bits per heavy atom. The van der Waals surface area contributed by atoms with Gasteiger partial charge in [0.2, 0.25) is 0 Å². The summed E-state index contributed by atoms with van der Waals surface area (Å²) in [5.41, 5.74) is 6.71. The molecule has 1 aliphatic rings. The number of halogens is 1. The summed E-state index contributed by atoms with van der Waals surface area (Å²) in [5.74, 6) is -0.485. The first-order valence-corrected chi connectivity index (χ1v) is 11.9. The Kier molecular flexibility index (Phi) is 6.07. The molecule has 0 aliphatic heterocycles. The summed E-state index contributed by atoms with van der Waals surface area (Å²) in [6.45, 7) is -0.0971. The van der Waals surface area contributed by atoms with E-state index in [1.165, 1.54) is 11.3 Å². The average Bonchev–Trinajstić information content (AvgIpc) is 3.42. The minimum Gasteiger partial charge on any atom is -0.387 e. The number of fused-ring (bicyclic) bond motifs is 3. The fourth-order valence-electron chi connectivity index (χ4n) is 3.97. The van der Waals surface area contributed by atoms with E-state index in [0.717, 1.165) is 61.7 Å². The van der Waals surface area contributed by atoms with Gasteiger partial charge in [-0.15, -0.1) is 0 Å². The first kappa shape index (κ1) is 21.9. The van der Waals surface area contributed by atoms with Crippen LogP contribution in [0.5, 0.6) is 0 Å². The molecule has 0 atom stereocenters. The van der Waals surface area contributed by atoms with Crippen molar-refractivity contribution in [2.24, 2.45) is 0 Å². The molecular formula is C23H20BrN5O3S. The number of methoxy groups -OCH3 is 1. The van der Waals surface area contributed by atoms with Crippen LogP contribution >= 0.6 is 27.3 Å². The summed E-state index contributed by atoms with van der Waals surface area (Å²) >= 11 is 5.08. The Bertz CT molecular complexity index is 1340. The molecule has 1 aromatic carbocycles. The number of aromatic nitrogens is 4. The molecule has 3 heterocycles. The topological polar surface area (TPSA) is 102 Å². The van der Waals surface area contributed by atoms with Crippen molar-refractivity contribution in [3.8, 4) is 27.5 Å². The molecule has 8 nitrogen and oxygen atoms in total. The minimum atomic E-state index is -0.585. The number of aliphatic hydroxyl groups excluding tert-OH is 1. The Hall–Kier alpha value is -2.92. The second-order valence-electron chi connectivity index (χ2n) is 7.55. The van der Waals surface area contributed by atoms with Gasteiger partial charge in [0.15, 0.2) is 5.13 Å². The van der Waals surface area contributed by atoms with E-state index in [0.29, 0.717) is 11.7 Å². The molecule has 0 fully saturated rings. The maximum absolute atomic E-state index is 11.7. The molecule has 10 heteroatoms. The molecule has 5 rings (SSSR count). The Balaban J connectivity index is 1.72. The van der Waals surface area contributed by atoms with Gasteiger partial charge in [0.25, 0.3) is 5.91 Å². The number of aliphatic hydroxyl groups is 1. The Morgan fingerprint density at radius 3 is 2.97 bits per heavy atom. The van der Waals surface area contributed by atoms with E-state index in [1.807, 2.05) is 35.1 Å². The third-order valence-electron chi connectivity index (χ3n) is 5.38. The third-order valence-corrected chi connectivity index (χ3v) is 7.07. The van der Waals surface area contributed by atoms with Gasteiger partial charge in [0.05, 0.1) is 34.3 Å². The maximum Gasteiger partial charge on any atom is 0.251 e. The quantitative estimate of drug-likeness (QED) is 0.394. The number of hydrogen-bond donors (Lipinski definition) is 2. The number of hydrogen-bond acceptors (Lipinski definition) is 7. The van der Waals surface area contributed by atoms with E-state index < -0.39 is 12.5 Å². The number of carbonyl (C=O) groups is 1. The van der Waals surface area contributed by atoms with Crippen LogP contribution in [0.1, 0.15) is 16.8 Å². The third kappa shape index (κ3) is 4.10. The number of aryl methyl sites for hydroxylation is 1. The summed E-state index contributed by atoms with van der Waals surface area (Å²) in [6.07, 6.45) is 5.06. The smallest absolute Gasteiger partial charge is 0.251 e. The van der Waals surface area contributed by atoms with Crippen molar-refractivity contribution in [2.75, 3.05) is 19.0 Å². The Morgan fingerprint density at radius 1 is 1.33 bits per heavy atom. The van der Waals surface area contributed by atoms with Crippen molar-refractivity contribution < 1.29 is 14.6 Å².